The van der Waals surface area contributed by atoms with Gasteiger partial charge in [0.2, 0.25) is 6.10 Å². The number of carbonyl (C=O) groups excluding carboxylic acids is 2. The molecule has 0 unspecified atom stereocenters. The van der Waals surface area contributed by atoms with Crippen LogP contribution in [0.1, 0.15) is 26.3 Å². The Bertz CT molecular complexity index is 787. The van der Waals surface area contributed by atoms with Gasteiger partial charge in [0.15, 0.2) is 0 Å². The second-order valence-corrected chi connectivity index (χ2v) is 6.79. The fourth-order valence-electron chi connectivity index (χ4n) is 2.02. The van der Waals surface area contributed by atoms with Crippen molar-refractivity contribution in [3.05, 3.63) is 74.9 Å². The van der Waals surface area contributed by atoms with Crippen LogP contribution in [0, 0.1) is 0 Å². The molecule has 0 aromatic carbocycles. The number of rotatable bonds is 6. The third kappa shape index (κ3) is 4.06. The standard InChI is InChI=1S/C17H14N2O3S2/c20-16(19-11-12-5-3-9-23-12)15(13-6-1-2-8-18-13)22-17(21)14-7-4-10-24-14/h1-10,15H,11H2,(H,19,20)/t15-/m0/s1. The number of ether oxygens (including phenoxy) is 1. The van der Waals surface area contributed by atoms with E-state index in [1.165, 1.54) is 11.3 Å². The zero-order valence-corrected chi connectivity index (χ0v) is 14.2. The summed E-state index contributed by atoms with van der Waals surface area (Å²) in [6.45, 7) is 0.385. The van der Waals surface area contributed by atoms with Gasteiger partial charge < -0.3 is 10.1 Å². The van der Waals surface area contributed by atoms with Crippen molar-refractivity contribution in [3.63, 3.8) is 0 Å². The van der Waals surface area contributed by atoms with Crippen molar-refractivity contribution in [2.45, 2.75) is 12.6 Å². The van der Waals surface area contributed by atoms with Gasteiger partial charge in [0.05, 0.1) is 12.2 Å². The number of amides is 1. The molecule has 3 rings (SSSR count). The van der Waals surface area contributed by atoms with E-state index in [0.717, 1.165) is 4.88 Å². The van der Waals surface area contributed by atoms with Gasteiger partial charge >= 0.3 is 5.97 Å². The maximum absolute atomic E-state index is 12.5. The van der Waals surface area contributed by atoms with Crippen molar-refractivity contribution < 1.29 is 14.3 Å². The average molecular weight is 358 g/mol. The van der Waals surface area contributed by atoms with Crippen molar-refractivity contribution in [3.8, 4) is 0 Å². The fourth-order valence-corrected chi connectivity index (χ4v) is 3.27. The number of thiophene rings is 2. The average Bonchev–Trinajstić information content (AvgIpc) is 3.31. The first-order valence-corrected chi connectivity index (χ1v) is 8.95. The van der Waals surface area contributed by atoms with E-state index in [-0.39, 0.29) is 0 Å². The number of carbonyl (C=O) groups is 2. The summed E-state index contributed by atoms with van der Waals surface area (Å²) < 4.78 is 5.41. The molecule has 1 N–H and O–H groups in total. The predicted molar refractivity (Wildman–Crippen MR) is 92.9 cm³/mol. The lowest BCUT2D eigenvalue weighted by Gasteiger charge is -2.16. The maximum atomic E-state index is 12.5. The molecular formula is C17H14N2O3S2. The fraction of sp³-hybridized carbons (Fsp3) is 0.118. The number of esters is 1. The van der Waals surface area contributed by atoms with Gasteiger partial charge in [-0.3, -0.25) is 9.78 Å². The van der Waals surface area contributed by atoms with Crippen molar-refractivity contribution in [2.75, 3.05) is 0 Å². The van der Waals surface area contributed by atoms with Gasteiger partial charge in [0.25, 0.3) is 5.91 Å². The molecule has 3 heterocycles. The third-order valence-corrected chi connectivity index (χ3v) is 4.89. The molecule has 0 radical (unpaired) electrons. The van der Waals surface area contributed by atoms with Crippen LogP contribution in [0.15, 0.2) is 59.4 Å². The van der Waals surface area contributed by atoms with E-state index in [9.17, 15) is 9.59 Å². The van der Waals surface area contributed by atoms with E-state index in [1.807, 2.05) is 17.5 Å². The van der Waals surface area contributed by atoms with Crippen molar-refractivity contribution in [1.82, 2.24) is 10.3 Å². The molecule has 0 aliphatic heterocycles. The highest BCUT2D eigenvalue weighted by Gasteiger charge is 2.27. The molecule has 0 saturated heterocycles. The van der Waals surface area contributed by atoms with Gasteiger partial charge in [-0.2, -0.15) is 0 Å². The molecule has 122 valence electrons. The normalized spacial score (nSPS) is 11.7. The van der Waals surface area contributed by atoms with Gasteiger partial charge in [0, 0.05) is 11.1 Å². The Hall–Kier alpha value is -2.51. The van der Waals surface area contributed by atoms with Crippen LogP contribution in [0.3, 0.4) is 0 Å². The molecule has 1 atom stereocenters. The van der Waals surface area contributed by atoms with E-state index in [2.05, 4.69) is 10.3 Å². The Morgan fingerprint density at radius 2 is 1.92 bits per heavy atom. The minimum atomic E-state index is -1.08. The topological polar surface area (TPSA) is 68.3 Å². The van der Waals surface area contributed by atoms with Crippen molar-refractivity contribution >= 4 is 34.6 Å². The molecule has 3 aromatic rings. The van der Waals surface area contributed by atoms with Gasteiger partial charge in [0.1, 0.15) is 4.88 Å². The van der Waals surface area contributed by atoms with Crippen LogP contribution >= 0.6 is 22.7 Å². The number of aromatic nitrogens is 1. The van der Waals surface area contributed by atoms with Crippen LogP contribution in [0.4, 0.5) is 0 Å². The van der Waals surface area contributed by atoms with E-state index in [0.29, 0.717) is 17.1 Å². The quantitative estimate of drug-likeness (QED) is 0.686. The predicted octanol–water partition coefficient (Wildman–Crippen LogP) is 3.42. The summed E-state index contributed by atoms with van der Waals surface area (Å²) in [6, 6.07) is 12.4. The Kier molecular flexibility index (Phi) is 5.35. The van der Waals surface area contributed by atoms with Gasteiger partial charge in [-0.15, -0.1) is 22.7 Å². The van der Waals surface area contributed by atoms with Crippen LogP contribution in [-0.2, 0) is 16.1 Å². The Labute approximate surface area is 146 Å². The molecule has 0 saturated carbocycles. The number of nitrogens with zero attached hydrogens (tertiary/aromatic N) is 1. The lowest BCUT2D eigenvalue weighted by molar-refractivity contribution is -0.130. The van der Waals surface area contributed by atoms with E-state index < -0.39 is 18.0 Å². The molecule has 0 spiro atoms. The Balaban J connectivity index is 1.74. The molecule has 0 bridgehead atoms. The molecule has 3 aromatic heterocycles. The summed E-state index contributed by atoms with van der Waals surface area (Å²) in [7, 11) is 0. The van der Waals surface area contributed by atoms with Crippen LogP contribution in [0.5, 0.6) is 0 Å². The van der Waals surface area contributed by atoms with Gasteiger partial charge in [-0.1, -0.05) is 18.2 Å². The highest BCUT2D eigenvalue weighted by atomic mass is 32.1. The first-order chi connectivity index (χ1) is 11.7. The lowest BCUT2D eigenvalue weighted by atomic mass is 10.2. The summed E-state index contributed by atoms with van der Waals surface area (Å²) in [6.07, 6.45) is 0.481. The highest BCUT2D eigenvalue weighted by molar-refractivity contribution is 7.12. The third-order valence-electron chi connectivity index (χ3n) is 3.16. The van der Waals surface area contributed by atoms with E-state index in [1.54, 1.807) is 53.2 Å². The number of nitrogens with one attached hydrogen (secondary N) is 1. The Morgan fingerprint density at radius 1 is 1.08 bits per heavy atom. The first kappa shape index (κ1) is 16.4. The molecular weight excluding hydrogens is 344 g/mol. The monoisotopic (exact) mass is 358 g/mol. The number of hydrogen-bond donors (Lipinski definition) is 1. The van der Waals surface area contributed by atoms with E-state index in [4.69, 9.17) is 4.74 Å². The smallest absolute Gasteiger partial charge is 0.349 e. The van der Waals surface area contributed by atoms with Crippen LogP contribution in [0.2, 0.25) is 0 Å². The SMILES string of the molecule is O=C(O[C@H](C(=O)NCc1cccs1)c1ccccn1)c1cccs1. The molecule has 0 aliphatic carbocycles. The largest absolute Gasteiger partial charge is 0.441 e. The van der Waals surface area contributed by atoms with Crippen LogP contribution in [-0.4, -0.2) is 16.9 Å². The summed E-state index contributed by atoms with van der Waals surface area (Å²) in [5, 5.41) is 6.51. The Morgan fingerprint density at radius 3 is 2.58 bits per heavy atom. The maximum Gasteiger partial charge on any atom is 0.349 e. The van der Waals surface area contributed by atoms with Crippen molar-refractivity contribution in [1.29, 1.82) is 0 Å². The molecule has 0 fully saturated rings. The minimum Gasteiger partial charge on any atom is -0.441 e. The molecule has 7 heteroatoms. The minimum absolute atomic E-state index is 0.385. The molecule has 0 aliphatic rings. The zero-order valence-electron chi connectivity index (χ0n) is 12.5. The van der Waals surface area contributed by atoms with E-state index >= 15 is 0 Å². The van der Waals surface area contributed by atoms with Gasteiger partial charge in [-0.05, 0) is 35.0 Å². The molecule has 24 heavy (non-hydrogen) atoms. The summed E-state index contributed by atoms with van der Waals surface area (Å²) in [5.41, 5.74) is 0.395. The second kappa shape index (κ2) is 7.85. The number of pyridine rings is 1. The highest BCUT2D eigenvalue weighted by Crippen LogP contribution is 2.20. The second-order valence-electron chi connectivity index (χ2n) is 4.81. The summed E-state index contributed by atoms with van der Waals surface area (Å²) in [4.78, 5) is 30.3. The van der Waals surface area contributed by atoms with Gasteiger partial charge in [-0.25, -0.2) is 4.79 Å². The molecule has 5 nitrogen and oxygen atoms in total. The van der Waals surface area contributed by atoms with Crippen molar-refractivity contribution in [2.24, 2.45) is 0 Å². The van der Waals surface area contributed by atoms with Crippen LogP contribution in [0.25, 0.3) is 0 Å². The summed E-state index contributed by atoms with van der Waals surface area (Å²) in [5.74, 6) is -0.932. The zero-order chi connectivity index (χ0) is 16.8. The molecule has 1 amide bonds. The number of hydrogen-bond acceptors (Lipinski definition) is 6. The lowest BCUT2D eigenvalue weighted by Crippen LogP contribution is -2.32. The summed E-state index contributed by atoms with van der Waals surface area (Å²) >= 11 is 2.81. The first-order valence-electron chi connectivity index (χ1n) is 7.19. The van der Waals surface area contributed by atoms with Crippen LogP contribution < -0.4 is 5.32 Å².